The third-order valence-electron chi connectivity index (χ3n) is 7.62. The van der Waals surface area contributed by atoms with Crippen LogP contribution in [0.3, 0.4) is 0 Å². The van der Waals surface area contributed by atoms with Gasteiger partial charge in [0.05, 0.1) is 12.1 Å². The minimum Gasteiger partial charge on any atom is -0.444 e. The Morgan fingerprint density at radius 3 is 1.77 bits per heavy atom. The van der Waals surface area contributed by atoms with Gasteiger partial charge >= 0.3 is 12.2 Å². The highest BCUT2D eigenvalue weighted by atomic mass is 35.5. The van der Waals surface area contributed by atoms with Gasteiger partial charge < -0.3 is 29.5 Å². The van der Waals surface area contributed by atoms with Crippen LogP contribution in [0, 0.1) is 13.8 Å². The van der Waals surface area contributed by atoms with E-state index in [-0.39, 0.29) is 23.8 Å². The van der Waals surface area contributed by atoms with Crippen molar-refractivity contribution in [1.82, 2.24) is 25.1 Å². The minimum absolute atomic E-state index is 0.161. The van der Waals surface area contributed by atoms with Crippen LogP contribution in [0.25, 0.3) is 0 Å². The number of amides is 2. The van der Waals surface area contributed by atoms with Crippen LogP contribution in [0.5, 0.6) is 0 Å². The lowest BCUT2D eigenvalue weighted by atomic mass is 10.2. The predicted molar refractivity (Wildman–Crippen MR) is 169 cm³/mol. The Kier molecular flexibility index (Phi) is 10.1. The van der Waals surface area contributed by atoms with Gasteiger partial charge in [-0.1, -0.05) is 23.7 Å². The fraction of sp³-hybridized carbons (Fsp3) is 0.625. The molecular weight excluding hydrogens is 568 g/mol. The smallest absolute Gasteiger partial charge is 0.410 e. The van der Waals surface area contributed by atoms with Crippen LogP contribution in [0.4, 0.5) is 15.4 Å². The van der Waals surface area contributed by atoms with E-state index in [2.05, 4.69) is 32.3 Å². The zero-order valence-electron chi connectivity index (χ0n) is 26.8. The van der Waals surface area contributed by atoms with Crippen molar-refractivity contribution in [1.29, 1.82) is 0 Å². The normalized spacial score (nSPS) is 23.8. The van der Waals surface area contributed by atoms with E-state index in [1.807, 2.05) is 77.5 Å². The van der Waals surface area contributed by atoms with Gasteiger partial charge in [0.25, 0.3) is 0 Å². The summed E-state index contributed by atoms with van der Waals surface area (Å²) in [5.74, 6) is 1.01. The number of aromatic nitrogens is 2. The Bertz CT molecular complexity index is 1220. The van der Waals surface area contributed by atoms with Gasteiger partial charge in [0, 0.05) is 50.7 Å². The first kappa shape index (κ1) is 32.8. The lowest BCUT2D eigenvalue weighted by molar-refractivity contribution is 0.0198. The number of rotatable bonds is 1. The summed E-state index contributed by atoms with van der Waals surface area (Å²) in [6.07, 6.45) is 5.38. The molecule has 4 fully saturated rings. The Morgan fingerprint density at radius 2 is 1.37 bits per heavy atom. The molecule has 2 amide bonds. The van der Waals surface area contributed by atoms with Crippen molar-refractivity contribution in [2.24, 2.45) is 0 Å². The summed E-state index contributed by atoms with van der Waals surface area (Å²) in [7, 11) is 0. The Balaban J connectivity index is 0.000000165. The summed E-state index contributed by atoms with van der Waals surface area (Å²) in [6.45, 7) is 18.7. The van der Waals surface area contributed by atoms with Gasteiger partial charge in [-0.3, -0.25) is 0 Å². The second-order valence-electron chi connectivity index (χ2n) is 13.8. The number of nitrogens with zero attached hydrogens (tertiary/aromatic N) is 5. The highest BCUT2D eigenvalue weighted by Gasteiger charge is 2.47. The fourth-order valence-corrected chi connectivity index (χ4v) is 5.79. The molecule has 4 bridgehead atoms. The van der Waals surface area contributed by atoms with Gasteiger partial charge in [0.2, 0.25) is 0 Å². The highest BCUT2D eigenvalue weighted by molar-refractivity contribution is 6.29. The number of hydrogen-bond donors (Lipinski definition) is 1. The first-order valence-electron chi connectivity index (χ1n) is 15.1. The molecule has 43 heavy (non-hydrogen) atoms. The molecule has 6 heterocycles. The molecule has 11 heteroatoms. The second kappa shape index (κ2) is 13.3. The summed E-state index contributed by atoms with van der Waals surface area (Å²) >= 11 is 5.50. The van der Waals surface area contributed by atoms with E-state index >= 15 is 0 Å². The predicted octanol–water partition coefficient (Wildman–Crippen LogP) is 5.60. The van der Waals surface area contributed by atoms with E-state index in [9.17, 15) is 9.59 Å². The maximum atomic E-state index is 12.2. The van der Waals surface area contributed by atoms with Gasteiger partial charge in [-0.2, -0.15) is 0 Å². The zero-order chi connectivity index (χ0) is 31.5. The lowest BCUT2D eigenvalue weighted by Crippen LogP contribution is -2.50. The number of hydrogen-bond acceptors (Lipinski definition) is 8. The van der Waals surface area contributed by atoms with Crippen LogP contribution >= 0.6 is 11.6 Å². The number of aryl methyl sites for hydroxylation is 2. The van der Waals surface area contributed by atoms with Crippen molar-refractivity contribution in [3.63, 3.8) is 0 Å². The van der Waals surface area contributed by atoms with Crippen LogP contribution in [0.2, 0.25) is 5.15 Å². The van der Waals surface area contributed by atoms with Crippen LogP contribution in [-0.4, -0.2) is 93.5 Å². The fourth-order valence-electron chi connectivity index (χ4n) is 5.68. The average Bonchev–Trinajstić information content (AvgIpc) is 3.71. The van der Waals surface area contributed by atoms with Crippen molar-refractivity contribution in [2.75, 3.05) is 31.1 Å². The quantitative estimate of drug-likeness (QED) is 0.415. The molecule has 0 aromatic carbocycles. The van der Waals surface area contributed by atoms with Gasteiger partial charge in [-0.05, 0) is 91.5 Å². The second-order valence-corrected chi connectivity index (χ2v) is 14.2. The molecule has 0 aliphatic carbocycles. The number of halogens is 1. The van der Waals surface area contributed by atoms with Crippen LogP contribution in [-0.2, 0) is 9.47 Å². The zero-order valence-corrected chi connectivity index (χ0v) is 27.5. The minimum atomic E-state index is -0.433. The lowest BCUT2D eigenvalue weighted by Gasteiger charge is -2.35. The Labute approximate surface area is 261 Å². The Morgan fingerprint density at radius 1 is 0.791 bits per heavy atom. The van der Waals surface area contributed by atoms with Gasteiger partial charge in [-0.25, -0.2) is 19.6 Å². The molecular formula is C32H47ClN6O4. The van der Waals surface area contributed by atoms with E-state index in [1.165, 1.54) is 5.56 Å². The summed E-state index contributed by atoms with van der Waals surface area (Å²) in [6, 6.07) is 9.30. The number of fused-ring (bicyclic) bond motifs is 4. The summed E-state index contributed by atoms with van der Waals surface area (Å²) in [5.41, 5.74) is 1.48. The number of carbonyl (C=O) groups excluding carboxylic acids is 2. The first-order valence-corrected chi connectivity index (χ1v) is 15.5. The van der Waals surface area contributed by atoms with Crippen molar-refractivity contribution < 1.29 is 19.1 Å². The number of carbonyl (C=O) groups is 2. The largest absolute Gasteiger partial charge is 0.444 e. The number of pyridine rings is 2. The third-order valence-corrected chi connectivity index (χ3v) is 7.84. The molecule has 1 N–H and O–H groups in total. The topological polar surface area (TPSA) is 100 Å². The van der Waals surface area contributed by atoms with E-state index in [0.29, 0.717) is 23.3 Å². The van der Waals surface area contributed by atoms with Gasteiger partial charge in [0.15, 0.2) is 0 Å². The number of piperazine rings is 2. The molecule has 4 aliphatic heterocycles. The number of anilines is 1. The maximum Gasteiger partial charge on any atom is 0.410 e. The summed E-state index contributed by atoms with van der Waals surface area (Å²) in [4.78, 5) is 38.3. The van der Waals surface area contributed by atoms with Crippen molar-refractivity contribution >= 4 is 29.6 Å². The highest BCUT2D eigenvalue weighted by Crippen LogP contribution is 2.34. The molecule has 0 radical (unpaired) electrons. The molecule has 2 aromatic heterocycles. The molecule has 236 valence electrons. The van der Waals surface area contributed by atoms with E-state index < -0.39 is 5.60 Å². The molecule has 0 saturated carbocycles. The molecule has 0 spiro atoms. The monoisotopic (exact) mass is 614 g/mol. The standard InChI is InChI=1S/C16H23N3O2.C10H18N2O2.C6H6ClN/c1-11-5-6-14(17-8-11)18-9-13-7-12(18)10-19(13)15(20)21-16(2,3)4;1-10(2,3)14-9(13)12-6-7-4-8(12)5-11-7;1-5-2-3-6(7)8-4-5/h5-6,8,12-13H,7,9-10H2,1-4H3;7-8,11H,4-6H2,1-3H3;2-4H,1H3/t12-,13-;7-,8-;/m00./s1. The average molecular weight is 615 g/mol. The van der Waals surface area contributed by atoms with E-state index in [1.54, 1.807) is 12.3 Å². The van der Waals surface area contributed by atoms with Crippen LogP contribution < -0.4 is 10.2 Å². The molecule has 4 saturated heterocycles. The summed E-state index contributed by atoms with van der Waals surface area (Å²) in [5, 5.41) is 3.91. The molecule has 6 rings (SSSR count). The number of likely N-dealkylation sites (tertiary alicyclic amines) is 2. The van der Waals surface area contributed by atoms with E-state index in [4.69, 9.17) is 21.1 Å². The van der Waals surface area contributed by atoms with Gasteiger partial charge in [-0.15, -0.1) is 0 Å². The number of nitrogens with one attached hydrogen (secondary N) is 1. The molecule has 4 aliphatic rings. The number of ether oxygens (including phenoxy) is 2. The van der Waals surface area contributed by atoms with Gasteiger partial charge in [0.1, 0.15) is 22.2 Å². The SMILES string of the molecule is CC(C)(C)OC(=O)N1C[C@@H]2C[C@H]1CN2.Cc1ccc(Cl)nc1.Cc1ccc(N2C[C@@H]3C[C@H]2CN3C(=O)OC(C)(C)C)nc1. The molecule has 10 nitrogen and oxygen atoms in total. The Hall–Kier alpha value is -3.11. The van der Waals surface area contributed by atoms with Crippen LogP contribution in [0.1, 0.15) is 65.5 Å². The van der Waals surface area contributed by atoms with Crippen molar-refractivity contribution in [3.05, 3.63) is 52.9 Å². The molecule has 4 atom stereocenters. The summed E-state index contributed by atoms with van der Waals surface area (Å²) < 4.78 is 10.8. The third kappa shape index (κ3) is 9.19. The maximum absolute atomic E-state index is 12.2. The van der Waals surface area contributed by atoms with Crippen molar-refractivity contribution in [3.8, 4) is 0 Å². The van der Waals surface area contributed by atoms with Crippen molar-refractivity contribution in [2.45, 2.75) is 104 Å². The molecule has 0 unspecified atom stereocenters. The van der Waals surface area contributed by atoms with E-state index in [0.717, 1.165) is 50.4 Å². The molecule has 2 aromatic rings. The first-order chi connectivity index (χ1) is 20.1. The van der Waals surface area contributed by atoms with Crippen LogP contribution in [0.15, 0.2) is 36.7 Å².